The van der Waals surface area contributed by atoms with Crippen molar-refractivity contribution in [2.45, 2.75) is 30.6 Å². The van der Waals surface area contributed by atoms with Gasteiger partial charge in [-0.2, -0.15) is 0 Å². The lowest BCUT2D eigenvalue weighted by molar-refractivity contribution is -0.127. The van der Waals surface area contributed by atoms with Gasteiger partial charge in [0.25, 0.3) is 15.9 Å². The van der Waals surface area contributed by atoms with Gasteiger partial charge in [0.2, 0.25) is 0 Å². The number of nitrogens with one attached hydrogen (secondary N) is 2. The standard InChI is InChI=1S/C25H25ClN4O3S2/c1-2-20(23(27)21-5-3-4-6-22(21)26)24(31)30-14-11-18(12-15-30)17-7-9-19(10-8-17)35(32,33)29-25-28-13-16-34-25/h2-10,13,16,18,27H,11-12,14-15H2,1H3,(H,28,29)/b20-2-,27-23?. The number of hydrogen-bond acceptors (Lipinski definition) is 6. The summed E-state index contributed by atoms with van der Waals surface area (Å²) < 4.78 is 27.6. The van der Waals surface area contributed by atoms with E-state index in [0.29, 0.717) is 34.4 Å². The van der Waals surface area contributed by atoms with E-state index >= 15 is 0 Å². The van der Waals surface area contributed by atoms with E-state index in [4.69, 9.17) is 17.0 Å². The molecule has 0 bridgehead atoms. The number of carbonyl (C=O) groups is 1. The number of rotatable bonds is 7. The molecule has 4 rings (SSSR count). The summed E-state index contributed by atoms with van der Waals surface area (Å²) in [6, 6.07) is 13.9. The monoisotopic (exact) mass is 528 g/mol. The van der Waals surface area contributed by atoms with Crippen LogP contribution in [-0.4, -0.2) is 43.0 Å². The van der Waals surface area contributed by atoms with Crippen LogP contribution in [0.25, 0.3) is 0 Å². The topological polar surface area (TPSA) is 103 Å². The highest BCUT2D eigenvalue weighted by atomic mass is 35.5. The van der Waals surface area contributed by atoms with Gasteiger partial charge in [-0.05, 0) is 49.4 Å². The predicted molar refractivity (Wildman–Crippen MR) is 140 cm³/mol. The first-order valence-electron chi connectivity index (χ1n) is 11.1. The zero-order valence-electron chi connectivity index (χ0n) is 19.1. The van der Waals surface area contributed by atoms with E-state index in [1.54, 1.807) is 65.9 Å². The second kappa shape index (κ2) is 10.7. The van der Waals surface area contributed by atoms with Gasteiger partial charge in [0.1, 0.15) is 0 Å². The van der Waals surface area contributed by atoms with Gasteiger partial charge in [0.05, 0.1) is 16.2 Å². The molecule has 10 heteroatoms. The molecule has 2 N–H and O–H groups in total. The number of halogens is 1. The van der Waals surface area contributed by atoms with Crippen LogP contribution < -0.4 is 4.72 Å². The molecular weight excluding hydrogens is 504 g/mol. The van der Waals surface area contributed by atoms with Crippen LogP contribution in [0.4, 0.5) is 5.13 Å². The van der Waals surface area contributed by atoms with Crippen molar-refractivity contribution in [1.29, 1.82) is 5.41 Å². The van der Waals surface area contributed by atoms with Crippen LogP contribution in [0.3, 0.4) is 0 Å². The van der Waals surface area contributed by atoms with E-state index in [1.165, 1.54) is 11.3 Å². The van der Waals surface area contributed by atoms with Crippen molar-refractivity contribution < 1.29 is 13.2 Å². The van der Waals surface area contributed by atoms with Gasteiger partial charge in [0, 0.05) is 35.3 Å². The number of thiazole rings is 1. The lowest BCUT2D eigenvalue weighted by Crippen LogP contribution is -2.40. The second-order valence-electron chi connectivity index (χ2n) is 8.14. The molecule has 0 unspecified atom stereocenters. The average Bonchev–Trinajstić information content (AvgIpc) is 3.37. The number of benzene rings is 2. The molecule has 2 heterocycles. The number of sulfonamides is 1. The molecule has 2 aromatic carbocycles. The summed E-state index contributed by atoms with van der Waals surface area (Å²) in [5.74, 6) is 0.0466. The van der Waals surface area contributed by atoms with E-state index in [0.717, 1.165) is 18.4 Å². The van der Waals surface area contributed by atoms with Gasteiger partial charge in [-0.15, -0.1) is 11.3 Å². The SMILES string of the molecule is C/C=C(/C(=N)c1ccccc1Cl)C(=O)N1CCC(c2ccc(S(=O)(=O)Nc3nccs3)cc2)CC1. The molecule has 0 atom stereocenters. The number of hydrogen-bond donors (Lipinski definition) is 2. The Kier molecular flexibility index (Phi) is 7.69. The van der Waals surface area contributed by atoms with Crippen LogP contribution in [0.15, 0.2) is 76.7 Å². The van der Waals surface area contributed by atoms with Crippen molar-refractivity contribution in [2.75, 3.05) is 17.8 Å². The van der Waals surface area contributed by atoms with Gasteiger partial charge in [-0.3, -0.25) is 14.9 Å². The third kappa shape index (κ3) is 5.63. The lowest BCUT2D eigenvalue weighted by atomic mass is 9.89. The molecule has 1 amide bonds. The molecule has 1 aliphatic heterocycles. The molecule has 1 aliphatic rings. The van der Waals surface area contributed by atoms with Crippen molar-refractivity contribution in [1.82, 2.24) is 9.88 Å². The molecule has 7 nitrogen and oxygen atoms in total. The Labute approximate surface area is 214 Å². The second-order valence-corrected chi connectivity index (χ2v) is 11.1. The Hall–Kier alpha value is -3.01. The number of carbonyl (C=O) groups excluding carboxylic acids is 1. The summed E-state index contributed by atoms with van der Waals surface area (Å²) in [5, 5.41) is 11.0. The third-order valence-electron chi connectivity index (χ3n) is 6.03. The van der Waals surface area contributed by atoms with Crippen molar-refractivity contribution in [3.8, 4) is 0 Å². The molecule has 0 aliphatic carbocycles. The fourth-order valence-electron chi connectivity index (χ4n) is 4.14. The van der Waals surface area contributed by atoms with E-state index in [9.17, 15) is 13.2 Å². The number of anilines is 1. The summed E-state index contributed by atoms with van der Waals surface area (Å²) >= 11 is 7.45. The number of nitrogens with zero attached hydrogens (tertiary/aromatic N) is 2. The molecule has 1 aromatic heterocycles. The minimum atomic E-state index is -3.69. The number of amides is 1. The molecule has 0 saturated carbocycles. The van der Waals surface area contributed by atoms with Crippen LogP contribution >= 0.6 is 22.9 Å². The maximum absolute atomic E-state index is 13.2. The largest absolute Gasteiger partial charge is 0.339 e. The quantitative estimate of drug-likeness (QED) is 0.320. The normalized spacial score (nSPS) is 15.1. The summed E-state index contributed by atoms with van der Waals surface area (Å²) in [6.07, 6.45) is 4.72. The first kappa shape index (κ1) is 25.1. The lowest BCUT2D eigenvalue weighted by Gasteiger charge is -2.33. The zero-order chi connectivity index (χ0) is 25.0. The van der Waals surface area contributed by atoms with Gasteiger partial charge >= 0.3 is 0 Å². The molecular formula is C25H25ClN4O3S2. The van der Waals surface area contributed by atoms with Gasteiger partial charge in [-0.25, -0.2) is 13.4 Å². The maximum atomic E-state index is 13.2. The Balaban J connectivity index is 1.39. The minimum Gasteiger partial charge on any atom is -0.339 e. The summed E-state index contributed by atoms with van der Waals surface area (Å²) in [6.45, 7) is 2.87. The molecule has 3 aromatic rings. The highest BCUT2D eigenvalue weighted by Gasteiger charge is 2.28. The van der Waals surface area contributed by atoms with Crippen LogP contribution in [0.1, 0.15) is 36.8 Å². The van der Waals surface area contributed by atoms with Crippen molar-refractivity contribution in [3.05, 3.63) is 87.9 Å². The van der Waals surface area contributed by atoms with E-state index in [2.05, 4.69) is 9.71 Å². The van der Waals surface area contributed by atoms with Crippen LogP contribution in [0, 0.1) is 5.41 Å². The summed E-state index contributed by atoms with van der Waals surface area (Å²) in [4.78, 5) is 19.1. The summed E-state index contributed by atoms with van der Waals surface area (Å²) in [5.41, 5.74) is 2.03. The van der Waals surface area contributed by atoms with Gasteiger partial charge < -0.3 is 4.90 Å². The predicted octanol–water partition coefficient (Wildman–Crippen LogP) is 5.32. The van der Waals surface area contributed by atoms with Crippen LogP contribution in [0.2, 0.25) is 5.02 Å². The van der Waals surface area contributed by atoms with E-state index < -0.39 is 10.0 Å². The van der Waals surface area contributed by atoms with Crippen LogP contribution in [-0.2, 0) is 14.8 Å². The Morgan fingerprint density at radius 1 is 1.17 bits per heavy atom. The third-order valence-corrected chi connectivity index (χ3v) is 8.53. The highest BCUT2D eigenvalue weighted by Crippen LogP contribution is 2.30. The Morgan fingerprint density at radius 2 is 1.86 bits per heavy atom. The van der Waals surface area contributed by atoms with E-state index in [1.807, 2.05) is 12.1 Å². The van der Waals surface area contributed by atoms with Crippen LogP contribution in [0.5, 0.6) is 0 Å². The first-order valence-corrected chi connectivity index (χ1v) is 13.9. The number of aromatic nitrogens is 1. The minimum absolute atomic E-state index is 0.119. The molecule has 0 radical (unpaired) electrons. The highest BCUT2D eigenvalue weighted by molar-refractivity contribution is 7.93. The zero-order valence-corrected chi connectivity index (χ0v) is 21.5. The van der Waals surface area contributed by atoms with Gasteiger partial charge in [-0.1, -0.05) is 48.0 Å². The smallest absolute Gasteiger partial charge is 0.263 e. The van der Waals surface area contributed by atoms with E-state index in [-0.39, 0.29) is 22.4 Å². The van der Waals surface area contributed by atoms with Crippen molar-refractivity contribution in [3.63, 3.8) is 0 Å². The fourth-order valence-corrected chi connectivity index (χ4v) is 6.16. The van der Waals surface area contributed by atoms with Gasteiger partial charge in [0.15, 0.2) is 5.13 Å². The number of allylic oxidation sites excluding steroid dienone is 1. The summed E-state index contributed by atoms with van der Waals surface area (Å²) in [7, 11) is -3.69. The van der Waals surface area contributed by atoms with Crippen molar-refractivity contribution >= 4 is 49.7 Å². The van der Waals surface area contributed by atoms with Crippen molar-refractivity contribution in [2.24, 2.45) is 0 Å². The Bertz CT molecular complexity index is 1350. The molecule has 0 spiro atoms. The Morgan fingerprint density at radius 3 is 2.46 bits per heavy atom. The average molecular weight is 529 g/mol. The number of likely N-dealkylation sites (tertiary alicyclic amines) is 1. The molecule has 182 valence electrons. The molecule has 1 fully saturated rings. The first-order chi connectivity index (χ1) is 16.8. The number of piperidine rings is 1. The fraction of sp³-hybridized carbons (Fsp3) is 0.240. The maximum Gasteiger partial charge on any atom is 0.263 e. The molecule has 1 saturated heterocycles. The molecule has 35 heavy (non-hydrogen) atoms.